The molecule has 0 unspecified atom stereocenters. The second-order valence-corrected chi connectivity index (χ2v) is 5.01. The topological polar surface area (TPSA) is 53.1 Å². The summed E-state index contributed by atoms with van der Waals surface area (Å²) in [5.41, 5.74) is 9.30. The quantitative estimate of drug-likeness (QED) is 0.782. The van der Waals surface area contributed by atoms with Crippen molar-refractivity contribution in [2.24, 2.45) is 5.73 Å². The van der Waals surface area contributed by atoms with E-state index in [0.717, 1.165) is 12.1 Å². The van der Waals surface area contributed by atoms with Crippen LogP contribution >= 0.6 is 0 Å². The molecular weight excluding hydrogens is 262 g/mol. The number of hydrogen-bond donors (Lipinski definition) is 1. The second kappa shape index (κ2) is 6.08. The smallest absolute Gasteiger partial charge is 0.0658 e. The number of methoxy groups -OCH3 is 1. The molecule has 0 saturated heterocycles. The fraction of sp³-hybridized carbons (Fsp3) is 0.235. The van der Waals surface area contributed by atoms with E-state index in [2.05, 4.69) is 41.6 Å². The first kappa shape index (κ1) is 13.8. The first-order valence-electron chi connectivity index (χ1n) is 7.06. The van der Waals surface area contributed by atoms with Crippen LogP contribution < -0.4 is 5.73 Å². The van der Waals surface area contributed by atoms with E-state index < -0.39 is 0 Å². The Balaban J connectivity index is 2.06. The highest BCUT2D eigenvalue weighted by Crippen LogP contribution is 2.30. The summed E-state index contributed by atoms with van der Waals surface area (Å²) in [4.78, 5) is 0. The summed E-state index contributed by atoms with van der Waals surface area (Å²) in [5.74, 6) is 0. The minimum atomic E-state index is 0.549. The molecule has 0 spiro atoms. The Morgan fingerprint density at radius 1 is 1.14 bits per heavy atom. The van der Waals surface area contributed by atoms with Gasteiger partial charge in [-0.2, -0.15) is 5.10 Å². The Hall–Kier alpha value is -2.17. The largest absolute Gasteiger partial charge is 0.383 e. The van der Waals surface area contributed by atoms with E-state index in [0.29, 0.717) is 13.2 Å². The Morgan fingerprint density at radius 3 is 2.71 bits per heavy atom. The van der Waals surface area contributed by atoms with Crippen LogP contribution in [0.3, 0.4) is 0 Å². The van der Waals surface area contributed by atoms with Crippen LogP contribution in [0.4, 0.5) is 0 Å². The van der Waals surface area contributed by atoms with Gasteiger partial charge in [0.15, 0.2) is 0 Å². The SMILES string of the molecule is COCCn1cc(-c2ccc(CN)c3ccccc23)cn1. The third kappa shape index (κ3) is 2.68. The zero-order valence-corrected chi connectivity index (χ0v) is 12.1. The van der Waals surface area contributed by atoms with E-state index in [-0.39, 0.29) is 0 Å². The van der Waals surface area contributed by atoms with E-state index >= 15 is 0 Å². The molecule has 0 amide bonds. The molecule has 0 bridgehead atoms. The fourth-order valence-corrected chi connectivity index (χ4v) is 2.60. The molecule has 0 radical (unpaired) electrons. The molecule has 0 fully saturated rings. The lowest BCUT2D eigenvalue weighted by Gasteiger charge is -2.08. The van der Waals surface area contributed by atoms with Crippen LogP contribution in [0.1, 0.15) is 5.56 Å². The average molecular weight is 281 g/mol. The summed E-state index contributed by atoms with van der Waals surface area (Å²) in [6.07, 6.45) is 3.96. The second-order valence-electron chi connectivity index (χ2n) is 5.01. The summed E-state index contributed by atoms with van der Waals surface area (Å²) in [7, 11) is 1.70. The standard InChI is InChI=1S/C17H19N3O/c1-21-9-8-20-12-14(11-19-20)16-7-6-13(10-18)15-4-2-3-5-17(15)16/h2-7,11-12H,8-10,18H2,1H3. The number of fused-ring (bicyclic) bond motifs is 1. The van der Waals surface area contributed by atoms with Gasteiger partial charge in [-0.15, -0.1) is 0 Å². The van der Waals surface area contributed by atoms with E-state index in [1.165, 1.54) is 21.9 Å². The first-order chi connectivity index (χ1) is 10.3. The maximum absolute atomic E-state index is 5.83. The van der Waals surface area contributed by atoms with Crippen LogP contribution in [0, 0.1) is 0 Å². The van der Waals surface area contributed by atoms with Gasteiger partial charge in [0.2, 0.25) is 0 Å². The van der Waals surface area contributed by atoms with Crippen molar-refractivity contribution in [1.29, 1.82) is 0 Å². The van der Waals surface area contributed by atoms with Crippen LogP contribution in [0.25, 0.3) is 21.9 Å². The average Bonchev–Trinajstić information content (AvgIpc) is 3.00. The van der Waals surface area contributed by atoms with Crippen LogP contribution in [-0.4, -0.2) is 23.5 Å². The van der Waals surface area contributed by atoms with Gasteiger partial charge in [0, 0.05) is 25.4 Å². The van der Waals surface area contributed by atoms with Crippen molar-refractivity contribution in [1.82, 2.24) is 9.78 Å². The molecule has 21 heavy (non-hydrogen) atoms. The van der Waals surface area contributed by atoms with Gasteiger partial charge in [-0.1, -0.05) is 36.4 Å². The molecule has 4 heteroatoms. The minimum Gasteiger partial charge on any atom is -0.383 e. The summed E-state index contributed by atoms with van der Waals surface area (Å²) >= 11 is 0. The first-order valence-corrected chi connectivity index (χ1v) is 7.06. The van der Waals surface area contributed by atoms with Crippen molar-refractivity contribution in [3.05, 3.63) is 54.4 Å². The van der Waals surface area contributed by atoms with Crippen LogP contribution in [0.5, 0.6) is 0 Å². The van der Waals surface area contributed by atoms with Gasteiger partial charge >= 0.3 is 0 Å². The summed E-state index contributed by atoms with van der Waals surface area (Å²) in [6.45, 7) is 1.97. The molecule has 1 aromatic heterocycles. The number of nitrogens with two attached hydrogens (primary N) is 1. The number of ether oxygens (including phenoxy) is 1. The molecule has 4 nitrogen and oxygen atoms in total. The lowest BCUT2D eigenvalue weighted by atomic mass is 9.97. The van der Waals surface area contributed by atoms with Gasteiger partial charge < -0.3 is 10.5 Å². The molecule has 3 aromatic rings. The highest BCUT2D eigenvalue weighted by atomic mass is 16.5. The van der Waals surface area contributed by atoms with Gasteiger partial charge in [-0.05, 0) is 21.9 Å². The molecule has 2 aromatic carbocycles. The lowest BCUT2D eigenvalue weighted by Crippen LogP contribution is -2.03. The van der Waals surface area contributed by atoms with E-state index in [9.17, 15) is 0 Å². The highest BCUT2D eigenvalue weighted by Gasteiger charge is 2.08. The normalized spacial score (nSPS) is 11.1. The van der Waals surface area contributed by atoms with Crippen LogP contribution in [-0.2, 0) is 17.8 Å². The fourth-order valence-electron chi connectivity index (χ4n) is 2.60. The van der Waals surface area contributed by atoms with Crippen LogP contribution in [0.2, 0.25) is 0 Å². The Bertz CT molecular complexity index is 749. The molecule has 0 aliphatic heterocycles. The molecule has 3 rings (SSSR count). The predicted octanol–water partition coefficient (Wildman–Crippen LogP) is 2.81. The predicted molar refractivity (Wildman–Crippen MR) is 84.9 cm³/mol. The van der Waals surface area contributed by atoms with Crippen molar-refractivity contribution in [3.63, 3.8) is 0 Å². The van der Waals surface area contributed by atoms with E-state index in [1.54, 1.807) is 7.11 Å². The van der Waals surface area contributed by atoms with Crippen molar-refractivity contribution < 1.29 is 4.74 Å². The zero-order chi connectivity index (χ0) is 14.7. The number of hydrogen-bond acceptors (Lipinski definition) is 3. The van der Waals surface area contributed by atoms with Gasteiger partial charge in [0.05, 0.1) is 19.3 Å². The maximum Gasteiger partial charge on any atom is 0.0658 e. The molecular formula is C17H19N3O. The summed E-state index contributed by atoms with van der Waals surface area (Å²) in [6, 6.07) is 12.6. The van der Waals surface area contributed by atoms with Crippen LogP contribution in [0.15, 0.2) is 48.8 Å². The van der Waals surface area contributed by atoms with Gasteiger partial charge in [-0.3, -0.25) is 4.68 Å². The zero-order valence-electron chi connectivity index (χ0n) is 12.1. The van der Waals surface area contributed by atoms with Crippen molar-refractivity contribution in [2.45, 2.75) is 13.1 Å². The molecule has 2 N–H and O–H groups in total. The number of aromatic nitrogens is 2. The minimum absolute atomic E-state index is 0.549. The number of nitrogens with zero attached hydrogens (tertiary/aromatic N) is 2. The lowest BCUT2D eigenvalue weighted by molar-refractivity contribution is 0.183. The molecule has 0 aliphatic carbocycles. The summed E-state index contributed by atoms with van der Waals surface area (Å²) in [5, 5.41) is 6.82. The van der Waals surface area contributed by atoms with Gasteiger partial charge in [-0.25, -0.2) is 0 Å². The van der Waals surface area contributed by atoms with Crippen molar-refractivity contribution in [2.75, 3.05) is 13.7 Å². The van der Waals surface area contributed by atoms with E-state index in [4.69, 9.17) is 10.5 Å². The van der Waals surface area contributed by atoms with Crippen molar-refractivity contribution in [3.8, 4) is 11.1 Å². The molecule has 108 valence electrons. The van der Waals surface area contributed by atoms with Gasteiger partial charge in [0.1, 0.15) is 0 Å². The third-order valence-corrected chi connectivity index (χ3v) is 3.70. The molecule has 1 heterocycles. The maximum atomic E-state index is 5.83. The Morgan fingerprint density at radius 2 is 1.95 bits per heavy atom. The van der Waals surface area contributed by atoms with Gasteiger partial charge in [0.25, 0.3) is 0 Å². The van der Waals surface area contributed by atoms with Crippen molar-refractivity contribution >= 4 is 10.8 Å². The monoisotopic (exact) mass is 281 g/mol. The molecule has 0 atom stereocenters. The van der Waals surface area contributed by atoms with E-state index in [1.807, 2.05) is 16.9 Å². The number of benzene rings is 2. The Labute approximate surface area is 124 Å². The number of rotatable bonds is 5. The molecule has 0 aliphatic rings. The summed E-state index contributed by atoms with van der Waals surface area (Å²) < 4.78 is 6.99. The third-order valence-electron chi connectivity index (χ3n) is 3.70. The molecule has 0 saturated carbocycles. The Kier molecular flexibility index (Phi) is 3.99. The highest BCUT2D eigenvalue weighted by molar-refractivity contribution is 5.98.